The summed E-state index contributed by atoms with van der Waals surface area (Å²) in [7, 11) is -3.65. The maximum atomic E-state index is 12.3. The van der Waals surface area contributed by atoms with Crippen LogP contribution in [-0.2, 0) is 14.8 Å². The van der Waals surface area contributed by atoms with Crippen molar-refractivity contribution in [2.45, 2.75) is 38.5 Å². The predicted octanol–water partition coefficient (Wildman–Crippen LogP) is 3.03. The fourth-order valence-electron chi connectivity index (χ4n) is 3.25. The Balaban J connectivity index is 1.66. The van der Waals surface area contributed by atoms with Crippen LogP contribution in [0.5, 0.6) is 0 Å². The molecule has 3 rings (SSSR count). The van der Waals surface area contributed by atoms with Gasteiger partial charge in [-0.2, -0.15) is 0 Å². The molecule has 0 radical (unpaired) electrons. The Morgan fingerprint density at radius 3 is 2.65 bits per heavy atom. The number of hydrogen-bond donors (Lipinski definition) is 1. The van der Waals surface area contributed by atoms with Gasteiger partial charge in [0.15, 0.2) is 0 Å². The van der Waals surface area contributed by atoms with E-state index in [-0.39, 0.29) is 34.4 Å². The summed E-state index contributed by atoms with van der Waals surface area (Å²) in [5, 5.41) is 2.96. The molecule has 6 nitrogen and oxygen atoms in total. The molecule has 0 spiro atoms. The van der Waals surface area contributed by atoms with Crippen LogP contribution in [-0.4, -0.2) is 32.5 Å². The predicted molar refractivity (Wildman–Crippen MR) is 101 cm³/mol. The number of allylic oxidation sites excluding steroid dienone is 1. The number of nitrogens with one attached hydrogen (secondary N) is 1. The van der Waals surface area contributed by atoms with Gasteiger partial charge in [0.25, 0.3) is 5.91 Å². The van der Waals surface area contributed by atoms with E-state index in [0.29, 0.717) is 6.54 Å². The Bertz CT molecular complexity index is 864. The van der Waals surface area contributed by atoms with Gasteiger partial charge < -0.3 is 5.32 Å². The second kappa shape index (κ2) is 7.80. The van der Waals surface area contributed by atoms with Crippen LogP contribution in [0, 0.1) is 0 Å². The van der Waals surface area contributed by atoms with E-state index in [1.807, 2.05) is 0 Å². The van der Waals surface area contributed by atoms with Crippen LogP contribution in [0.15, 0.2) is 29.8 Å². The molecule has 1 aliphatic carbocycles. The average molecular weight is 397 g/mol. The van der Waals surface area contributed by atoms with E-state index < -0.39 is 15.9 Å². The van der Waals surface area contributed by atoms with Gasteiger partial charge in [0.05, 0.1) is 22.0 Å². The monoisotopic (exact) mass is 396 g/mol. The first-order chi connectivity index (χ1) is 12.4. The third-order valence-corrected chi connectivity index (χ3v) is 6.63. The fraction of sp³-hybridized carbons (Fsp3) is 0.444. The molecular weight excluding hydrogens is 376 g/mol. The Kier molecular flexibility index (Phi) is 5.67. The minimum atomic E-state index is -3.65. The number of hydrogen-bond acceptors (Lipinski definition) is 4. The smallest absolute Gasteiger partial charge is 0.252 e. The van der Waals surface area contributed by atoms with Crippen LogP contribution < -0.4 is 9.62 Å². The van der Waals surface area contributed by atoms with Crippen molar-refractivity contribution in [1.29, 1.82) is 0 Å². The number of anilines is 1. The van der Waals surface area contributed by atoms with Crippen molar-refractivity contribution in [2.24, 2.45) is 0 Å². The summed E-state index contributed by atoms with van der Waals surface area (Å²) in [5.74, 6) is -1.01. The summed E-state index contributed by atoms with van der Waals surface area (Å²) >= 11 is 6.17. The van der Waals surface area contributed by atoms with Gasteiger partial charge in [0, 0.05) is 13.0 Å². The third-order valence-electron chi connectivity index (χ3n) is 4.63. The number of rotatable bonds is 5. The first-order valence-corrected chi connectivity index (χ1v) is 10.7. The minimum absolute atomic E-state index is 0.0436. The Morgan fingerprint density at radius 2 is 2.04 bits per heavy atom. The molecule has 1 fully saturated rings. The van der Waals surface area contributed by atoms with Gasteiger partial charge in [-0.15, -0.1) is 0 Å². The lowest BCUT2D eigenvalue weighted by Crippen LogP contribution is -2.29. The maximum absolute atomic E-state index is 12.3. The topological polar surface area (TPSA) is 83.6 Å². The normalized spacial score (nSPS) is 19.3. The second-order valence-corrected chi connectivity index (χ2v) is 8.85. The lowest BCUT2D eigenvalue weighted by molar-refractivity contribution is -0.116. The van der Waals surface area contributed by atoms with Crippen LogP contribution in [0.4, 0.5) is 5.69 Å². The summed E-state index contributed by atoms with van der Waals surface area (Å²) in [5.41, 5.74) is 1.80. The van der Waals surface area contributed by atoms with Crippen LogP contribution in [0.1, 0.15) is 48.9 Å². The number of carbonyl (C=O) groups is 2. The van der Waals surface area contributed by atoms with Crippen molar-refractivity contribution in [3.05, 3.63) is 40.4 Å². The Morgan fingerprint density at radius 1 is 1.23 bits per heavy atom. The number of halogens is 1. The van der Waals surface area contributed by atoms with Crippen molar-refractivity contribution in [3.8, 4) is 0 Å². The Hall–Kier alpha value is -1.86. The van der Waals surface area contributed by atoms with Crippen LogP contribution in [0.25, 0.3) is 0 Å². The number of sulfonamides is 1. The molecule has 1 heterocycles. The molecule has 1 aliphatic heterocycles. The molecule has 8 heteroatoms. The second-order valence-electron chi connectivity index (χ2n) is 6.50. The van der Waals surface area contributed by atoms with Gasteiger partial charge in [-0.3, -0.25) is 9.59 Å². The summed E-state index contributed by atoms with van der Waals surface area (Å²) in [6, 6.07) is 4.24. The van der Waals surface area contributed by atoms with Gasteiger partial charge in [-0.05, 0) is 50.3 Å². The number of nitrogens with zero attached hydrogens (tertiary/aromatic N) is 1. The fourth-order valence-corrected chi connectivity index (χ4v) is 4.96. The molecule has 1 saturated heterocycles. The van der Waals surface area contributed by atoms with E-state index in [9.17, 15) is 18.0 Å². The quantitative estimate of drug-likeness (QED) is 0.775. The first kappa shape index (κ1) is 18.9. The molecule has 1 aromatic rings. The minimum Gasteiger partial charge on any atom is -0.352 e. The van der Waals surface area contributed by atoms with E-state index in [1.54, 1.807) is 0 Å². The number of amides is 2. The van der Waals surface area contributed by atoms with Gasteiger partial charge in [-0.1, -0.05) is 23.3 Å². The van der Waals surface area contributed by atoms with E-state index in [0.717, 1.165) is 23.6 Å². The highest BCUT2D eigenvalue weighted by molar-refractivity contribution is 7.94. The van der Waals surface area contributed by atoms with Gasteiger partial charge in [-0.25, -0.2) is 12.7 Å². The van der Waals surface area contributed by atoms with Gasteiger partial charge in [0.1, 0.15) is 0 Å². The largest absolute Gasteiger partial charge is 0.352 e. The summed E-state index contributed by atoms with van der Waals surface area (Å²) < 4.78 is 24.7. The first-order valence-electron chi connectivity index (χ1n) is 8.70. The van der Waals surface area contributed by atoms with Crippen molar-refractivity contribution in [3.63, 3.8) is 0 Å². The van der Waals surface area contributed by atoms with Crippen molar-refractivity contribution >= 4 is 39.1 Å². The van der Waals surface area contributed by atoms with E-state index in [4.69, 9.17) is 11.6 Å². The molecule has 140 valence electrons. The maximum Gasteiger partial charge on any atom is 0.252 e. The van der Waals surface area contributed by atoms with Gasteiger partial charge >= 0.3 is 0 Å². The molecular formula is C18H21ClN2O4S. The van der Waals surface area contributed by atoms with E-state index >= 15 is 0 Å². The van der Waals surface area contributed by atoms with E-state index in [2.05, 4.69) is 11.4 Å². The molecule has 0 aromatic heterocycles. The molecule has 0 saturated carbocycles. The SMILES string of the molecule is O=C(NCCC1=CCCCC1)c1ccc(N2C(=O)CCS2(=O)=O)cc1Cl. The molecule has 2 aliphatic rings. The zero-order valence-corrected chi connectivity index (χ0v) is 15.9. The van der Waals surface area contributed by atoms with Crippen LogP contribution in [0.2, 0.25) is 5.02 Å². The third kappa shape index (κ3) is 4.10. The number of benzene rings is 1. The highest BCUT2D eigenvalue weighted by atomic mass is 35.5. The molecule has 0 bridgehead atoms. The lowest BCUT2D eigenvalue weighted by atomic mass is 9.97. The van der Waals surface area contributed by atoms with Crippen molar-refractivity contribution in [1.82, 2.24) is 5.32 Å². The Labute approximate surface area is 158 Å². The highest BCUT2D eigenvalue weighted by Crippen LogP contribution is 2.29. The molecule has 0 atom stereocenters. The number of carbonyl (C=O) groups excluding carboxylic acids is 2. The van der Waals surface area contributed by atoms with Crippen molar-refractivity contribution in [2.75, 3.05) is 16.6 Å². The highest BCUT2D eigenvalue weighted by Gasteiger charge is 2.36. The van der Waals surface area contributed by atoms with E-state index in [1.165, 1.54) is 36.6 Å². The molecule has 26 heavy (non-hydrogen) atoms. The lowest BCUT2D eigenvalue weighted by Gasteiger charge is -2.16. The summed E-state index contributed by atoms with van der Waals surface area (Å²) in [6.07, 6.45) is 7.64. The van der Waals surface area contributed by atoms with Crippen LogP contribution >= 0.6 is 11.6 Å². The zero-order chi connectivity index (χ0) is 18.7. The average Bonchev–Trinajstić information content (AvgIpc) is 2.88. The van der Waals surface area contributed by atoms with Crippen LogP contribution in [0.3, 0.4) is 0 Å². The molecule has 0 unspecified atom stereocenters. The summed E-state index contributed by atoms with van der Waals surface area (Å²) in [6.45, 7) is 0.530. The van der Waals surface area contributed by atoms with Gasteiger partial charge in [0.2, 0.25) is 15.9 Å². The molecule has 1 N–H and O–H groups in total. The standard InChI is InChI=1S/C18H21ClN2O4S/c19-16-12-14(21-17(22)9-11-26(21,24)25)6-7-15(16)18(23)20-10-8-13-4-2-1-3-5-13/h4,6-7,12H,1-3,5,8-11H2,(H,20,23). The summed E-state index contributed by atoms with van der Waals surface area (Å²) in [4.78, 5) is 24.1. The molecule has 1 aromatic carbocycles. The zero-order valence-electron chi connectivity index (χ0n) is 14.3. The molecule has 2 amide bonds. The van der Waals surface area contributed by atoms with Crippen molar-refractivity contribution < 1.29 is 18.0 Å².